The molecule has 0 saturated heterocycles. The summed E-state index contributed by atoms with van der Waals surface area (Å²) in [7, 11) is -3.70. The summed E-state index contributed by atoms with van der Waals surface area (Å²) >= 11 is 0. The highest BCUT2D eigenvalue weighted by Crippen LogP contribution is 2.39. The van der Waals surface area contributed by atoms with Gasteiger partial charge in [0.05, 0.1) is 11.4 Å². The molecule has 2 rings (SSSR count). The van der Waals surface area contributed by atoms with Crippen LogP contribution in [0.15, 0.2) is 17.1 Å². The fourth-order valence-corrected chi connectivity index (χ4v) is 3.84. The Labute approximate surface area is 115 Å². The van der Waals surface area contributed by atoms with E-state index in [0.717, 1.165) is 0 Å². The highest BCUT2D eigenvalue weighted by Gasteiger charge is 2.40. The highest BCUT2D eigenvalue weighted by atomic mass is 32.2. The number of sulfonamides is 1. The number of aromatic nitrogens is 1. The molecule has 0 aliphatic heterocycles. The van der Waals surface area contributed by atoms with E-state index in [-0.39, 0.29) is 29.8 Å². The summed E-state index contributed by atoms with van der Waals surface area (Å²) in [6.45, 7) is 1.55. The Kier molecular flexibility index (Phi) is 3.86. The lowest BCUT2D eigenvalue weighted by molar-refractivity contribution is 0.00593. The van der Waals surface area contributed by atoms with Crippen LogP contribution in [0.4, 0.5) is 14.5 Å². The molecule has 8 heteroatoms. The smallest absolute Gasteiger partial charge is 0.250 e. The van der Waals surface area contributed by atoms with Gasteiger partial charge in [0, 0.05) is 24.6 Å². The van der Waals surface area contributed by atoms with Gasteiger partial charge >= 0.3 is 0 Å². The fraction of sp³-hybridized carbons (Fsp3) is 0.583. The van der Waals surface area contributed by atoms with Crippen molar-refractivity contribution in [1.82, 2.24) is 4.98 Å². The van der Waals surface area contributed by atoms with Crippen molar-refractivity contribution < 1.29 is 17.2 Å². The molecule has 1 aliphatic rings. The summed E-state index contributed by atoms with van der Waals surface area (Å²) in [4.78, 5) is 13.6. The van der Waals surface area contributed by atoms with Crippen molar-refractivity contribution >= 4 is 15.7 Å². The first-order valence-corrected chi connectivity index (χ1v) is 7.90. The van der Waals surface area contributed by atoms with Crippen LogP contribution in [-0.2, 0) is 10.0 Å². The van der Waals surface area contributed by atoms with Gasteiger partial charge in [-0.25, -0.2) is 17.2 Å². The summed E-state index contributed by atoms with van der Waals surface area (Å²) < 4.78 is 52.2. The Morgan fingerprint density at radius 2 is 2.20 bits per heavy atom. The molecule has 5 nitrogen and oxygen atoms in total. The van der Waals surface area contributed by atoms with Gasteiger partial charge in [0.15, 0.2) is 0 Å². The summed E-state index contributed by atoms with van der Waals surface area (Å²) in [6, 6.07) is 1.40. The first kappa shape index (κ1) is 15.0. The minimum atomic E-state index is -3.70. The van der Waals surface area contributed by atoms with E-state index in [0.29, 0.717) is 5.56 Å². The van der Waals surface area contributed by atoms with Crippen molar-refractivity contribution in [3.8, 4) is 0 Å². The summed E-state index contributed by atoms with van der Waals surface area (Å²) in [6.07, 6.45) is 0.804. The number of hydrogen-bond donors (Lipinski definition) is 2. The van der Waals surface area contributed by atoms with Gasteiger partial charge in [-0.2, -0.15) is 0 Å². The van der Waals surface area contributed by atoms with E-state index >= 15 is 0 Å². The van der Waals surface area contributed by atoms with Crippen LogP contribution in [0.2, 0.25) is 0 Å². The number of H-pyrrole nitrogens is 1. The molecule has 1 fully saturated rings. The van der Waals surface area contributed by atoms with Gasteiger partial charge in [0.25, 0.3) is 5.56 Å². The molecule has 20 heavy (non-hydrogen) atoms. The van der Waals surface area contributed by atoms with E-state index in [1.54, 1.807) is 6.92 Å². The predicted molar refractivity (Wildman–Crippen MR) is 71.5 cm³/mol. The Balaban J connectivity index is 2.04. The molecular weight excluding hydrogens is 290 g/mol. The highest BCUT2D eigenvalue weighted by molar-refractivity contribution is 7.92. The van der Waals surface area contributed by atoms with E-state index in [4.69, 9.17) is 0 Å². The van der Waals surface area contributed by atoms with Crippen LogP contribution in [0, 0.1) is 12.8 Å². The van der Waals surface area contributed by atoms with Crippen molar-refractivity contribution in [2.24, 2.45) is 5.92 Å². The number of aromatic amines is 1. The number of halogens is 2. The molecule has 112 valence electrons. The number of anilines is 1. The maximum atomic E-state index is 13.0. The van der Waals surface area contributed by atoms with E-state index in [1.807, 2.05) is 0 Å². The van der Waals surface area contributed by atoms with Crippen LogP contribution < -0.4 is 10.3 Å². The monoisotopic (exact) mass is 306 g/mol. The zero-order valence-corrected chi connectivity index (χ0v) is 11.8. The normalized spacial score (nSPS) is 21.9. The van der Waals surface area contributed by atoms with Gasteiger partial charge in [0.1, 0.15) is 0 Å². The maximum absolute atomic E-state index is 13.0. The molecule has 1 saturated carbocycles. The molecule has 1 aliphatic carbocycles. The first-order chi connectivity index (χ1) is 9.17. The fourth-order valence-electron chi connectivity index (χ4n) is 2.37. The van der Waals surface area contributed by atoms with E-state index < -0.39 is 28.3 Å². The minimum Gasteiger partial charge on any atom is -0.327 e. The van der Waals surface area contributed by atoms with Gasteiger partial charge in [-0.15, -0.1) is 0 Å². The average molecular weight is 306 g/mol. The SMILES string of the molecule is Cc1cc(NS(=O)(=O)C[C@@H]2CCC(F)(F)C2)c[nH]c1=O. The van der Waals surface area contributed by atoms with Crippen LogP contribution in [0.1, 0.15) is 24.8 Å². The summed E-state index contributed by atoms with van der Waals surface area (Å²) in [5.74, 6) is -3.62. The van der Waals surface area contributed by atoms with Crippen LogP contribution in [0.5, 0.6) is 0 Å². The lowest BCUT2D eigenvalue weighted by Crippen LogP contribution is -2.23. The van der Waals surface area contributed by atoms with Crippen molar-refractivity contribution in [2.45, 2.75) is 32.1 Å². The second kappa shape index (κ2) is 5.16. The average Bonchev–Trinajstić information content (AvgIpc) is 2.62. The molecule has 2 N–H and O–H groups in total. The Morgan fingerprint density at radius 1 is 1.50 bits per heavy atom. The van der Waals surface area contributed by atoms with E-state index in [9.17, 15) is 22.0 Å². The Hall–Kier alpha value is -1.44. The van der Waals surface area contributed by atoms with Crippen molar-refractivity contribution in [3.63, 3.8) is 0 Å². The maximum Gasteiger partial charge on any atom is 0.250 e. The molecule has 0 bridgehead atoms. The molecule has 1 atom stereocenters. The summed E-state index contributed by atoms with van der Waals surface area (Å²) in [5, 5.41) is 0. The molecule has 1 aromatic heterocycles. The lowest BCUT2D eigenvalue weighted by Gasteiger charge is -2.13. The minimum absolute atomic E-state index is 0.207. The number of aryl methyl sites for hydroxylation is 1. The summed E-state index contributed by atoms with van der Waals surface area (Å²) in [5.41, 5.74) is 0.299. The molecule has 1 aromatic rings. The van der Waals surface area contributed by atoms with Crippen LogP contribution >= 0.6 is 0 Å². The van der Waals surface area contributed by atoms with Crippen molar-refractivity contribution in [2.75, 3.05) is 10.5 Å². The van der Waals surface area contributed by atoms with Crippen molar-refractivity contribution in [1.29, 1.82) is 0 Å². The Morgan fingerprint density at radius 3 is 2.75 bits per heavy atom. The van der Waals surface area contributed by atoms with E-state index in [1.165, 1.54) is 12.3 Å². The second-order valence-corrected chi connectivity index (χ2v) is 7.02. The zero-order chi connectivity index (χ0) is 15.0. The lowest BCUT2D eigenvalue weighted by atomic mass is 10.1. The molecule has 1 heterocycles. The molecule has 0 spiro atoms. The number of hydrogen-bond acceptors (Lipinski definition) is 3. The van der Waals surface area contributed by atoms with Crippen LogP contribution in [0.25, 0.3) is 0 Å². The molecule has 0 radical (unpaired) electrons. The third-order valence-electron chi connectivity index (χ3n) is 3.32. The van der Waals surface area contributed by atoms with E-state index in [2.05, 4.69) is 9.71 Å². The van der Waals surface area contributed by atoms with Crippen molar-refractivity contribution in [3.05, 3.63) is 28.2 Å². The second-order valence-electron chi connectivity index (χ2n) is 5.25. The van der Waals surface area contributed by atoms with Crippen LogP contribution in [0.3, 0.4) is 0 Å². The Bertz CT molecular complexity index is 655. The third kappa shape index (κ3) is 3.78. The first-order valence-electron chi connectivity index (χ1n) is 6.24. The molecule has 0 unspecified atom stereocenters. The zero-order valence-electron chi connectivity index (χ0n) is 10.9. The van der Waals surface area contributed by atoms with Gasteiger partial charge in [0.2, 0.25) is 15.9 Å². The molecular formula is C12H16F2N2O3S. The molecule has 0 aromatic carbocycles. The topological polar surface area (TPSA) is 79.0 Å². The quantitative estimate of drug-likeness (QED) is 0.891. The predicted octanol–water partition coefficient (Wildman–Crippen LogP) is 1.86. The third-order valence-corrected chi connectivity index (χ3v) is 4.78. The van der Waals surface area contributed by atoms with Gasteiger partial charge < -0.3 is 4.98 Å². The molecule has 0 amide bonds. The van der Waals surface area contributed by atoms with Gasteiger partial charge in [-0.05, 0) is 25.3 Å². The number of alkyl halides is 2. The largest absolute Gasteiger partial charge is 0.327 e. The number of nitrogens with one attached hydrogen (secondary N) is 2. The van der Waals surface area contributed by atoms with Gasteiger partial charge in [-0.3, -0.25) is 9.52 Å². The number of pyridine rings is 1. The standard InChI is InChI=1S/C12H16F2N2O3S/c1-8-4-10(6-15-11(8)17)16-20(18,19)7-9-2-3-12(13,14)5-9/h4,6,9,16H,2-3,5,7H2,1H3,(H,15,17)/t9-/m1/s1. The van der Waals surface area contributed by atoms with Crippen LogP contribution in [-0.4, -0.2) is 25.1 Å². The number of rotatable bonds is 4. The van der Waals surface area contributed by atoms with Gasteiger partial charge in [-0.1, -0.05) is 0 Å².